The van der Waals surface area contributed by atoms with Crippen molar-refractivity contribution in [3.63, 3.8) is 0 Å². The molecule has 0 aliphatic carbocycles. The van der Waals surface area contributed by atoms with Crippen molar-refractivity contribution in [1.82, 2.24) is 9.36 Å². The lowest BCUT2D eigenvalue weighted by Crippen LogP contribution is -2.08. The second-order valence-corrected chi connectivity index (χ2v) is 5.03. The molecule has 1 aromatic heterocycles. The predicted molar refractivity (Wildman–Crippen MR) is 72.4 cm³/mol. The fourth-order valence-electron chi connectivity index (χ4n) is 1.24. The highest BCUT2D eigenvalue weighted by molar-refractivity contribution is 14.1. The Bertz CT molecular complexity index is 467. The lowest BCUT2D eigenvalue weighted by molar-refractivity contribution is 1.13. The number of benzene rings is 1. The van der Waals surface area contributed by atoms with E-state index in [2.05, 4.69) is 55.0 Å². The molecule has 2 aromatic rings. The van der Waals surface area contributed by atoms with Crippen molar-refractivity contribution < 1.29 is 0 Å². The zero-order valence-electron chi connectivity index (χ0n) is 8.44. The van der Waals surface area contributed by atoms with Crippen LogP contribution in [0.15, 0.2) is 24.3 Å². The molecule has 15 heavy (non-hydrogen) atoms. The first-order valence-corrected chi connectivity index (χ1v) is 6.29. The van der Waals surface area contributed by atoms with E-state index in [1.54, 1.807) is 0 Å². The lowest BCUT2D eigenvalue weighted by atomic mass is 10.2. The van der Waals surface area contributed by atoms with Gasteiger partial charge in [-0.1, -0.05) is 12.1 Å². The van der Waals surface area contributed by atoms with Crippen LogP contribution >= 0.6 is 34.1 Å². The number of hydrogen-bond donors (Lipinski definition) is 0. The number of nitrogens with zero attached hydrogens (tertiary/aromatic N) is 3. The molecule has 0 radical (unpaired) electrons. The normalized spacial score (nSPS) is 10.3. The van der Waals surface area contributed by atoms with Crippen LogP contribution in [-0.2, 0) is 0 Å². The zero-order valence-corrected chi connectivity index (χ0v) is 11.4. The minimum Gasteiger partial charge on any atom is -0.378 e. The van der Waals surface area contributed by atoms with E-state index in [1.807, 2.05) is 20.2 Å². The Balaban J connectivity index is 2.41. The zero-order chi connectivity index (χ0) is 10.8. The highest BCUT2D eigenvalue weighted by atomic mass is 127. The Labute approximate surface area is 106 Å². The van der Waals surface area contributed by atoms with E-state index in [0.717, 1.165) is 14.4 Å². The van der Waals surface area contributed by atoms with Gasteiger partial charge < -0.3 is 4.90 Å². The van der Waals surface area contributed by atoms with Gasteiger partial charge in [-0.3, -0.25) is 0 Å². The number of hydrogen-bond acceptors (Lipinski definition) is 4. The van der Waals surface area contributed by atoms with E-state index in [0.29, 0.717) is 0 Å². The first kappa shape index (κ1) is 10.8. The molecule has 0 fully saturated rings. The second kappa shape index (κ2) is 4.44. The minimum absolute atomic E-state index is 0.808. The van der Waals surface area contributed by atoms with Gasteiger partial charge in [0.15, 0.2) is 0 Å². The average Bonchev–Trinajstić information content (AvgIpc) is 2.65. The summed E-state index contributed by atoms with van der Waals surface area (Å²) in [5, 5.41) is 0.975. The summed E-state index contributed by atoms with van der Waals surface area (Å²) in [7, 11) is 4.06. The maximum Gasteiger partial charge on any atom is 0.203 e. The largest absolute Gasteiger partial charge is 0.378 e. The van der Waals surface area contributed by atoms with Crippen LogP contribution in [0.2, 0.25) is 0 Å². The molecule has 0 aliphatic rings. The van der Waals surface area contributed by atoms with Crippen LogP contribution in [0.4, 0.5) is 5.69 Å². The first-order valence-electron chi connectivity index (χ1n) is 4.44. The summed E-state index contributed by atoms with van der Waals surface area (Å²) in [5.74, 6) is 0. The minimum atomic E-state index is 0.808. The molecule has 3 nitrogen and oxygen atoms in total. The smallest absolute Gasteiger partial charge is 0.203 e. The topological polar surface area (TPSA) is 29.0 Å². The molecule has 0 saturated carbocycles. The quantitative estimate of drug-likeness (QED) is 0.793. The summed E-state index contributed by atoms with van der Waals surface area (Å²) in [4.78, 5) is 6.44. The van der Waals surface area contributed by atoms with Gasteiger partial charge in [-0.25, -0.2) is 4.98 Å². The molecular weight excluding hydrogens is 321 g/mol. The summed E-state index contributed by atoms with van der Waals surface area (Å²) < 4.78 is 4.98. The molecule has 0 bridgehead atoms. The van der Waals surface area contributed by atoms with Crippen molar-refractivity contribution in [1.29, 1.82) is 0 Å². The molecule has 0 amide bonds. The van der Waals surface area contributed by atoms with E-state index in [-0.39, 0.29) is 0 Å². The van der Waals surface area contributed by atoms with Crippen LogP contribution in [0.25, 0.3) is 10.6 Å². The van der Waals surface area contributed by atoms with Gasteiger partial charge in [0.1, 0.15) is 5.01 Å². The maximum absolute atomic E-state index is 4.36. The summed E-state index contributed by atoms with van der Waals surface area (Å²) in [5.41, 5.74) is 2.30. The maximum atomic E-state index is 4.36. The van der Waals surface area contributed by atoms with Crippen molar-refractivity contribution in [2.24, 2.45) is 0 Å². The van der Waals surface area contributed by atoms with E-state index in [1.165, 1.54) is 17.2 Å². The van der Waals surface area contributed by atoms with Gasteiger partial charge in [-0.15, -0.1) is 0 Å². The number of halogens is 1. The SMILES string of the molecule is CN(C)c1cccc(-c2nc(I)ns2)c1. The third-order valence-corrected chi connectivity index (χ3v) is 3.58. The fraction of sp³-hybridized carbons (Fsp3) is 0.200. The van der Waals surface area contributed by atoms with Gasteiger partial charge in [0.25, 0.3) is 0 Å². The monoisotopic (exact) mass is 331 g/mol. The molecule has 0 saturated heterocycles. The second-order valence-electron chi connectivity index (χ2n) is 3.31. The lowest BCUT2D eigenvalue weighted by Gasteiger charge is -2.12. The Kier molecular flexibility index (Phi) is 3.20. The molecule has 0 atom stereocenters. The van der Waals surface area contributed by atoms with E-state index in [4.69, 9.17) is 0 Å². The Morgan fingerprint density at radius 3 is 2.73 bits per heavy atom. The van der Waals surface area contributed by atoms with Gasteiger partial charge in [0.05, 0.1) is 0 Å². The third-order valence-electron chi connectivity index (χ3n) is 2.01. The highest BCUT2D eigenvalue weighted by Crippen LogP contribution is 2.25. The molecule has 0 aliphatic heterocycles. The molecule has 2 rings (SSSR count). The van der Waals surface area contributed by atoms with Crippen LogP contribution in [0, 0.1) is 3.83 Å². The van der Waals surface area contributed by atoms with Crippen LogP contribution < -0.4 is 4.90 Å². The molecule has 0 unspecified atom stereocenters. The van der Waals surface area contributed by atoms with E-state index in [9.17, 15) is 0 Å². The molecule has 1 aromatic carbocycles. The van der Waals surface area contributed by atoms with Gasteiger partial charge in [-0.05, 0) is 23.7 Å². The van der Waals surface area contributed by atoms with E-state index < -0.39 is 0 Å². The summed E-state index contributed by atoms with van der Waals surface area (Å²) >= 11 is 3.56. The number of anilines is 1. The fourth-order valence-corrected chi connectivity index (χ4v) is 2.50. The number of rotatable bonds is 2. The van der Waals surface area contributed by atoms with Crippen molar-refractivity contribution in [3.8, 4) is 10.6 Å². The Morgan fingerprint density at radius 2 is 2.13 bits per heavy atom. The van der Waals surface area contributed by atoms with Crippen LogP contribution in [0.1, 0.15) is 0 Å². The summed E-state index contributed by atoms with van der Waals surface area (Å²) in [6.07, 6.45) is 0. The van der Waals surface area contributed by atoms with Crippen LogP contribution in [0.5, 0.6) is 0 Å². The van der Waals surface area contributed by atoms with Crippen LogP contribution in [0.3, 0.4) is 0 Å². The number of aromatic nitrogens is 2. The third kappa shape index (κ3) is 2.46. The standard InChI is InChI=1S/C10H10IN3S/c1-14(2)8-5-3-4-7(6-8)9-12-10(11)13-15-9/h3-6H,1-2H3. The summed E-state index contributed by atoms with van der Waals surface area (Å²) in [6, 6.07) is 8.30. The van der Waals surface area contributed by atoms with Gasteiger partial charge in [-0.2, -0.15) is 4.37 Å². The van der Waals surface area contributed by atoms with E-state index >= 15 is 0 Å². The van der Waals surface area contributed by atoms with Crippen molar-refractivity contribution in [3.05, 3.63) is 28.1 Å². The highest BCUT2D eigenvalue weighted by Gasteiger charge is 2.05. The van der Waals surface area contributed by atoms with Crippen molar-refractivity contribution >= 4 is 39.8 Å². The molecule has 5 heteroatoms. The van der Waals surface area contributed by atoms with Gasteiger partial charge >= 0.3 is 0 Å². The molecule has 78 valence electrons. The molecule has 1 heterocycles. The summed E-state index contributed by atoms with van der Waals surface area (Å²) in [6.45, 7) is 0. The van der Waals surface area contributed by atoms with Crippen LogP contribution in [-0.4, -0.2) is 23.5 Å². The van der Waals surface area contributed by atoms with Crippen molar-refractivity contribution in [2.45, 2.75) is 0 Å². The molecule has 0 N–H and O–H groups in total. The Morgan fingerprint density at radius 1 is 1.33 bits per heavy atom. The molecule has 0 spiro atoms. The Hall–Kier alpha value is -0.690. The average molecular weight is 331 g/mol. The van der Waals surface area contributed by atoms with Crippen molar-refractivity contribution in [2.75, 3.05) is 19.0 Å². The van der Waals surface area contributed by atoms with Gasteiger partial charge in [0.2, 0.25) is 3.83 Å². The van der Waals surface area contributed by atoms with Gasteiger partial charge in [0, 0.05) is 47.9 Å². The molecular formula is C10H10IN3S. The predicted octanol–water partition coefficient (Wildman–Crippen LogP) is 2.88. The first-order chi connectivity index (χ1) is 7.16.